The van der Waals surface area contributed by atoms with Crippen molar-refractivity contribution in [2.75, 3.05) is 0 Å². The Hall–Kier alpha value is -1.88. The van der Waals surface area contributed by atoms with Crippen LogP contribution in [0.25, 0.3) is 0 Å². The molecule has 1 amide bonds. The van der Waals surface area contributed by atoms with Crippen molar-refractivity contribution >= 4 is 29.3 Å². The number of benzene rings is 1. The van der Waals surface area contributed by atoms with Gasteiger partial charge in [-0.25, -0.2) is 0 Å². The molecule has 0 bridgehead atoms. The molecule has 1 aromatic rings. The van der Waals surface area contributed by atoms with Gasteiger partial charge < -0.3 is 10.1 Å². The summed E-state index contributed by atoms with van der Waals surface area (Å²) >= 11 is 5.75. The number of hydrogen-bond donors (Lipinski definition) is 1. The predicted octanol–water partition coefficient (Wildman–Crippen LogP) is 2.51. The molecule has 1 saturated carbocycles. The molecule has 1 N–H and O–H groups in total. The van der Waals surface area contributed by atoms with Crippen molar-refractivity contribution < 1.29 is 19.1 Å². The first-order valence-corrected chi connectivity index (χ1v) is 7.62. The molecule has 0 heterocycles. The molecule has 1 aromatic carbocycles. The number of ketones is 1. The number of halogens is 1. The minimum atomic E-state index is -0.835. The molecule has 1 aliphatic carbocycles. The first-order chi connectivity index (χ1) is 10.5. The number of hydrogen-bond acceptors (Lipinski definition) is 4. The van der Waals surface area contributed by atoms with E-state index >= 15 is 0 Å². The number of amides is 1. The molecule has 1 aliphatic rings. The molecule has 1 unspecified atom stereocenters. The van der Waals surface area contributed by atoms with Crippen LogP contribution in [0.15, 0.2) is 24.3 Å². The molecular weight excluding hydrogens is 306 g/mol. The van der Waals surface area contributed by atoms with Gasteiger partial charge in [0.15, 0.2) is 11.9 Å². The van der Waals surface area contributed by atoms with Crippen molar-refractivity contribution in [3.8, 4) is 0 Å². The van der Waals surface area contributed by atoms with Gasteiger partial charge in [-0.15, -0.1) is 0 Å². The zero-order valence-electron chi connectivity index (χ0n) is 12.3. The largest absolute Gasteiger partial charge is 0.453 e. The lowest BCUT2D eigenvalue weighted by atomic mass is 10.1. The highest BCUT2D eigenvalue weighted by Gasteiger charge is 2.27. The third-order valence-electron chi connectivity index (χ3n) is 3.32. The van der Waals surface area contributed by atoms with Gasteiger partial charge in [-0.2, -0.15) is 0 Å². The summed E-state index contributed by atoms with van der Waals surface area (Å²) in [4.78, 5) is 35.2. The molecule has 1 fully saturated rings. The van der Waals surface area contributed by atoms with Crippen LogP contribution >= 0.6 is 11.6 Å². The van der Waals surface area contributed by atoms with Crippen LogP contribution in [0.3, 0.4) is 0 Å². The number of rotatable bonds is 7. The first-order valence-electron chi connectivity index (χ1n) is 7.24. The summed E-state index contributed by atoms with van der Waals surface area (Å²) in [6, 6.07) is 6.69. The summed E-state index contributed by atoms with van der Waals surface area (Å²) < 4.78 is 5.02. The Labute approximate surface area is 134 Å². The van der Waals surface area contributed by atoms with Gasteiger partial charge in [-0.3, -0.25) is 14.4 Å². The smallest absolute Gasteiger partial charge is 0.307 e. The van der Waals surface area contributed by atoms with Crippen molar-refractivity contribution in [2.45, 2.75) is 44.8 Å². The monoisotopic (exact) mass is 323 g/mol. The highest BCUT2D eigenvalue weighted by Crippen LogP contribution is 2.19. The molecule has 118 valence electrons. The van der Waals surface area contributed by atoms with Crippen LogP contribution in [0.2, 0.25) is 5.02 Å². The Morgan fingerprint density at radius 2 is 1.86 bits per heavy atom. The van der Waals surface area contributed by atoms with Crippen molar-refractivity contribution in [1.82, 2.24) is 5.32 Å². The van der Waals surface area contributed by atoms with Crippen molar-refractivity contribution in [3.63, 3.8) is 0 Å². The van der Waals surface area contributed by atoms with Gasteiger partial charge in [0.1, 0.15) is 0 Å². The average molecular weight is 324 g/mol. The molecule has 2 rings (SSSR count). The summed E-state index contributed by atoms with van der Waals surface area (Å²) in [6.07, 6.45) is 1.10. The van der Waals surface area contributed by atoms with E-state index in [-0.39, 0.29) is 30.6 Å². The molecular formula is C16H18ClNO4. The van der Waals surface area contributed by atoms with Crippen molar-refractivity contribution in [1.29, 1.82) is 0 Å². The van der Waals surface area contributed by atoms with E-state index in [2.05, 4.69) is 5.32 Å². The van der Waals surface area contributed by atoms with Crippen LogP contribution < -0.4 is 5.32 Å². The third-order valence-corrected chi connectivity index (χ3v) is 3.58. The van der Waals surface area contributed by atoms with E-state index in [4.69, 9.17) is 16.3 Å². The molecule has 0 aromatic heterocycles. The lowest BCUT2D eigenvalue weighted by Gasteiger charge is -2.12. The maximum Gasteiger partial charge on any atom is 0.307 e. The number of carbonyl (C=O) groups is 3. The fourth-order valence-electron chi connectivity index (χ4n) is 1.85. The fraction of sp³-hybridized carbons (Fsp3) is 0.438. The van der Waals surface area contributed by atoms with Gasteiger partial charge >= 0.3 is 5.97 Å². The lowest BCUT2D eigenvalue weighted by Crippen LogP contribution is -2.37. The summed E-state index contributed by atoms with van der Waals surface area (Å²) in [5, 5.41) is 3.31. The molecule has 1 atom stereocenters. The van der Waals surface area contributed by atoms with E-state index in [0.29, 0.717) is 10.6 Å². The number of esters is 1. The van der Waals surface area contributed by atoms with E-state index in [1.807, 2.05) is 0 Å². The van der Waals surface area contributed by atoms with Gasteiger partial charge in [0.05, 0.1) is 6.42 Å². The maximum atomic E-state index is 11.9. The molecule has 0 spiro atoms. The first kappa shape index (κ1) is 16.5. The third kappa shape index (κ3) is 5.15. The Bertz CT molecular complexity index is 566. The van der Waals surface area contributed by atoms with E-state index < -0.39 is 12.1 Å². The molecule has 22 heavy (non-hydrogen) atoms. The molecule has 6 heteroatoms. The summed E-state index contributed by atoms with van der Waals surface area (Å²) in [7, 11) is 0. The second kappa shape index (κ2) is 7.40. The van der Waals surface area contributed by atoms with Gasteiger partial charge in [0.2, 0.25) is 0 Å². The number of ether oxygens (including phenoxy) is 1. The summed E-state index contributed by atoms with van der Waals surface area (Å²) in [5.74, 6) is -1.01. The zero-order valence-corrected chi connectivity index (χ0v) is 13.1. The van der Waals surface area contributed by atoms with Gasteiger partial charge in [-0.05, 0) is 44.0 Å². The quantitative estimate of drug-likeness (QED) is 0.618. The highest BCUT2D eigenvalue weighted by molar-refractivity contribution is 6.30. The molecule has 5 nitrogen and oxygen atoms in total. The topological polar surface area (TPSA) is 72.5 Å². The predicted molar refractivity (Wildman–Crippen MR) is 81.7 cm³/mol. The second-order valence-corrected chi connectivity index (χ2v) is 5.78. The molecule has 0 aliphatic heterocycles. The maximum absolute atomic E-state index is 11.9. The number of carbonyl (C=O) groups excluding carboxylic acids is 3. The van der Waals surface area contributed by atoms with Crippen molar-refractivity contribution in [2.24, 2.45) is 0 Å². The Balaban J connectivity index is 1.73. The number of Topliss-reactive ketones (excluding diaryl/α,β-unsaturated/α-hetero) is 1. The van der Waals surface area contributed by atoms with E-state index in [0.717, 1.165) is 12.8 Å². The van der Waals surface area contributed by atoms with Crippen LogP contribution in [-0.2, 0) is 14.3 Å². The Morgan fingerprint density at radius 1 is 1.23 bits per heavy atom. The number of nitrogens with one attached hydrogen (secondary N) is 1. The van der Waals surface area contributed by atoms with Gasteiger partial charge in [0.25, 0.3) is 5.91 Å². The Kier molecular flexibility index (Phi) is 5.55. The lowest BCUT2D eigenvalue weighted by molar-refractivity contribution is -0.154. The highest BCUT2D eigenvalue weighted by atomic mass is 35.5. The summed E-state index contributed by atoms with van der Waals surface area (Å²) in [5.41, 5.74) is 0.497. The zero-order chi connectivity index (χ0) is 16.1. The van der Waals surface area contributed by atoms with Crippen LogP contribution in [0, 0.1) is 0 Å². The Morgan fingerprint density at radius 3 is 2.45 bits per heavy atom. The van der Waals surface area contributed by atoms with Crippen molar-refractivity contribution in [3.05, 3.63) is 34.9 Å². The summed E-state index contributed by atoms with van der Waals surface area (Å²) in [6.45, 7) is 1.52. The molecule has 0 saturated heterocycles. The average Bonchev–Trinajstić information content (AvgIpc) is 3.29. The molecule has 0 radical (unpaired) electrons. The SMILES string of the molecule is CC(OC(=O)CCC(=O)c1ccc(Cl)cc1)C(=O)NC1CC1. The van der Waals surface area contributed by atoms with Gasteiger partial charge in [0, 0.05) is 23.0 Å². The van der Waals surface area contributed by atoms with Crippen LogP contribution in [0.5, 0.6) is 0 Å². The van der Waals surface area contributed by atoms with Gasteiger partial charge in [-0.1, -0.05) is 11.6 Å². The standard InChI is InChI=1S/C16H18ClNO4/c1-10(16(21)18-13-6-7-13)22-15(20)9-8-14(19)11-2-4-12(17)5-3-11/h2-5,10,13H,6-9H2,1H3,(H,18,21). The minimum Gasteiger partial charge on any atom is -0.453 e. The van der Waals surface area contributed by atoms with E-state index in [1.165, 1.54) is 6.92 Å². The van der Waals surface area contributed by atoms with E-state index in [9.17, 15) is 14.4 Å². The second-order valence-electron chi connectivity index (χ2n) is 5.35. The minimum absolute atomic E-state index is 0.0391. The van der Waals surface area contributed by atoms with Crippen LogP contribution in [-0.4, -0.2) is 29.8 Å². The van der Waals surface area contributed by atoms with E-state index in [1.54, 1.807) is 24.3 Å². The normalized spacial score (nSPS) is 15.0. The fourth-order valence-corrected chi connectivity index (χ4v) is 1.98. The van der Waals surface area contributed by atoms with Crippen LogP contribution in [0.4, 0.5) is 0 Å². The van der Waals surface area contributed by atoms with Crippen LogP contribution in [0.1, 0.15) is 43.0 Å².